The molecule has 0 unspecified atom stereocenters. The van der Waals surface area contributed by atoms with Gasteiger partial charge in [-0.25, -0.2) is 4.63 Å². The SMILES string of the molecule is N/C(=N\N=C/c1ccc(-c2ccc(Cl)cc2Cl)o1)c1nonc1N. The fourth-order valence-electron chi connectivity index (χ4n) is 1.82. The third-order valence-electron chi connectivity index (χ3n) is 2.93. The summed E-state index contributed by atoms with van der Waals surface area (Å²) < 4.78 is 10.1. The third kappa shape index (κ3) is 3.39. The molecule has 0 saturated carbocycles. The summed E-state index contributed by atoms with van der Waals surface area (Å²) in [6.07, 6.45) is 1.38. The van der Waals surface area contributed by atoms with Gasteiger partial charge in [0.05, 0.1) is 11.2 Å². The van der Waals surface area contributed by atoms with Crippen LogP contribution in [0.4, 0.5) is 5.82 Å². The van der Waals surface area contributed by atoms with Crippen molar-refractivity contribution in [1.82, 2.24) is 10.3 Å². The highest BCUT2D eigenvalue weighted by molar-refractivity contribution is 6.36. The molecule has 3 aromatic rings. The van der Waals surface area contributed by atoms with Crippen LogP contribution in [0.3, 0.4) is 0 Å². The highest BCUT2D eigenvalue weighted by Gasteiger charge is 2.10. The second-order valence-corrected chi connectivity index (χ2v) is 5.40. The number of rotatable bonds is 4. The molecule has 8 nitrogen and oxygen atoms in total. The van der Waals surface area contributed by atoms with E-state index in [9.17, 15) is 0 Å². The van der Waals surface area contributed by atoms with Gasteiger partial charge in [-0.2, -0.15) is 5.10 Å². The molecule has 3 rings (SSSR count). The maximum absolute atomic E-state index is 6.14. The molecule has 2 aromatic heterocycles. The Hall–Kier alpha value is -2.84. The average Bonchev–Trinajstić information content (AvgIpc) is 3.16. The number of nitrogens with zero attached hydrogens (tertiary/aromatic N) is 4. The summed E-state index contributed by atoms with van der Waals surface area (Å²) in [7, 11) is 0. The van der Waals surface area contributed by atoms with Crippen LogP contribution in [0.25, 0.3) is 11.3 Å². The molecule has 0 amide bonds. The summed E-state index contributed by atoms with van der Waals surface area (Å²) in [5.41, 5.74) is 12.0. The summed E-state index contributed by atoms with van der Waals surface area (Å²) in [6, 6.07) is 8.59. The largest absolute Gasteiger partial charge is 0.455 e. The molecule has 0 aliphatic heterocycles. The monoisotopic (exact) mass is 364 g/mol. The van der Waals surface area contributed by atoms with Crippen LogP contribution >= 0.6 is 23.2 Å². The number of hydrogen-bond donors (Lipinski definition) is 2. The lowest BCUT2D eigenvalue weighted by Gasteiger charge is -2.00. The van der Waals surface area contributed by atoms with E-state index in [2.05, 4.69) is 25.1 Å². The molecular formula is C14H10Cl2N6O2. The lowest BCUT2D eigenvalue weighted by atomic mass is 10.2. The molecule has 0 atom stereocenters. The van der Waals surface area contributed by atoms with Crippen LogP contribution in [0.1, 0.15) is 11.5 Å². The summed E-state index contributed by atoms with van der Waals surface area (Å²) >= 11 is 12.0. The van der Waals surface area contributed by atoms with E-state index >= 15 is 0 Å². The minimum absolute atomic E-state index is 0.0301. The molecule has 0 bridgehead atoms. The Labute approximate surface area is 145 Å². The minimum atomic E-state index is -0.0301. The molecule has 0 aliphatic carbocycles. The van der Waals surface area contributed by atoms with Gasteiger partial charge < -0.3 is 15.9 Å². The van der Waals surface area contributed by atoms with Crippen LogP contribution in [0.5, 0.6) is 0 Å². The number of anilines is 1. The number of hydrogen-bond acceptors (Lipinski definition) is 7. The fourth-order valence-corrected chi connectivity index (χ4v) is 2.33. The molecule has 0 aliphatic rings. The van der Waals surface area contributed by atoms with Crippen LogP contribution in [-0.4, -0.2) is 22.4 Å². The third-order valence-corrected chi connectivity index (χ3v) is 3.48. The van der Waals surface area contributed by atoms with Gasteiger partial charge in [0.15, 0.2) is 17.3 Å². The summed E-state index contributed by atoms with van der Waals surface area (Å²) in [5.74, 6) is 1.03. The second-order valence-electron chi connectivity index (χ2n) is 4.55. The van der Waals surface area contributed by atoms with E-state index in [4.69, 9.17) is 39.1 Å². The maximum atomic E-state index is 6.14. The van der Waals surface area contributed by atoms with Crippen molar-refractivity contribution < 1.29 is 9.05 Å². The molecule has 0 fully saturated rings. The van der Waals surface area contributed by atoms with Crippen molar-refractivity contribution in [2.75, 3.05) is 5.73 Å². The first-order valence-electron chi connectivity index (χ1n) is 6.55. The highest BCUT2D eigenvalue weighted by atomic mass is 35.5. The van der Waals surface area contributed by atoms with Gasteiger partial charge in [-0.05, 0) is 40.6 Å². The maximum Gasteiger partial charge on any atom is 0.199 e. The van der Waals surface area contributed by atoms with Gasteiger partial charge in [-0.15, -0.1) is 5.10 Å². The van der Waals surface area contributed by atoms with Crippen LogP contribution in [0, 0.1) is 0 Å². The highest BCUT2D eigenvalue weighted by Crippen LogP contribution is 2.31. The molecule has 10 heteroatoms. The Kier molecular flexibility index (Phi) is 4.50. The molecule has 0 saturated heterocycles. The van der Waals surface area contributed by atoms with Crippen molar-refractivity contribution in [2.24, 2.45) is 15.9 Å². The van der Waals surface area contributed by atoms with E-state index in [1.807, 2.05) is 0 Å². The van der Waals surface area contributed by atoms with Gasteiger partial charge in [-0.1, -0.05) is 23.2 Å². The first-order valence-corrected chi connectivity index (χ1v) is 7.30. The van der Waals surface area contributed by atoms with Crippen molar-refractivity contribution in [3.8, 4) is 11.3 Å². The van der Waals surface area contributed by atoms with Crippen molar-refractivity contribution >= 4 is 41.1 Å². The standard InChI is InChI=1S/C14H10Cl2N6O2/c15-7-1-3-9(10(16)5-7)11-4-2-8(23-11)6-19-20-13(17)12-14(18)22-24-21-12/h1-6H,(H2,17,20)(H2,18,22)/b19-6-. The normalized spacial score (nSPS) is 12.2. The van der Waals surface area contributed by atoms with Crippen molar-refractivity contribution in [3.63, 3.8) is 0 Å². The molecule has 122 valence electrons. The number of nitrogens with two attached hydrogens (primary N) is 2. The first kappa shape index (κ1) is 16.0. The van der Waals surface area contributed by atoms with Crippen LogP contribution in [-0.2, 0) is 0 Å². The number of furan rings is 1. The molecule has 24 heavy (non-hydrogen) atoms. The smallest absolute Gasteiger partial charge is 0.199 e. The van der Waals surface area contributed by atoms with Crippen molar-refractivity contribution in [1.29, 1.82) is 0 Å². The van der Waals surface area contributed by atoms with E-state index in [0.29, 0.717) is 27.1 Å². The Morgan fingerprint density at radius 2 is 2.00 bits per heavy atom. The van der Waals surface area contributed by atoms with Gasteiger partial charge in [0.1, 0.15) is 11.5 Å². The molecule has 2 heterocycles. The predicted octanol–water partition coefficient (Wildman–Crippen LogP) is 2.96. The zero-order chi connectivity index (χ0) is 17.1. The van der Waals surface area contributed by atoms with Gasteiger partial charge in [0.25, 0.3) is 0 Å². The summed E-state index contributed by atoms with van der Waals surface area (Å²) in [5, 5.41) is 15.5. The van der Waals surface area contributed by atoms with E-state index in [0.717, 1.165) is 0 Å². The van der Waals surface area contributed by atoms with Gasteiger partial charge in [0, 0.05) is 10.6 Å². The Balaban J connectivity index is 1.78. The molecule has 1 aromatic carbocycles. The van der Waals surface area contributed by atoms with E-state index in [-0.39, 0.29) is 17.3 Å². The lowest BCUT2D eigenvalue weighted by Crippen LogP contribution is -2.15. The van der Waals surface area contributed by atoms with Gasteiger partial charge >= 0.3 is 0 Å². The van der Waals surface area contributed by atoms with Crippen molar-refractivity contribution in [3.05, 3.63) is 51.8 Å². The van der Waals surface area contributed by atoms with E-state index < -0.39 is 0 Å². The average molecular weight is 365 g/mol. The van der Waals surface area contributed by atoms with Crippen LogP contribution in [0.15, 0.2) is 49.6 Å². The quantitative estimate of drug-likeness (QED) is 0.415. The van der Waals surface area contributed by atoms with Gasteiger partial charge in [0.2, 0.25) is 0 Å². The Bertz CT molecular complexity index is 931. The van der Waals surface area contributed by atoms with E-state index in [1.54, 1.807) is 30.3 Å². The van der Waals surface area contributed by atoms with Crippen molar-refractivity contribution in [2.45, 2.75) is 0 Å². The number of halogens is 2. The number of benzene rings is 1. The van der Waals surface area contributed by atoms with Crippen LogP contribution < -0.4 is 11.5 Å². The predicted molar refractivity (Wildman–Crippen MR) is 91.2 cm³/mol. The number of nitrogen functional groups attached to an aromatic ring is 1. The zero-order valence-electron chi connectivity index (χ0n) is 12.0. The first-order chi connectivity index (χ1) is 11.5. The van der Waals surface area contributed by atoms with Crippen LogP contribution in [0.2, 0.25) is 10.0 Å². The Morgan fingerprint density at radius 3 is 2.71 bits per heavy atom. The number of amidine groups is 1. The minimum Gasteiger partial charge on any atom is -0.455 e. The fraction of sp³-hybridized carbons (Fsp3) is 0. The van der Waals surface area contributed by atoms with E-state index in [1.165, 1.54) is 6.21 Å². The summed E-state index contributed by atoms with van der Waals surface area (Å²) in [6.45, 7) is 0. The second kappa shape index (κ2) is 6.73. The molecule has 0 spiro atoms. The summed E-state index contributed by atoms with van der Waals surface area (Å²) in [4.78, 5) is 0. The molecular weight excluding hydrogens is 355 g/mol. The Morgan fingerprint density at radius 1 is 1.17 bits per heavy atom. The number of aromatic nitrogens is 2. The topological polar surface area (TPSA) is 129 Å². The van der Waals surface area contributed by atoms with Gasteiger partial charge in [-0.3, -0.25) is 0 Å². The molecule has 0 radical (unpaired) electrons. The zero-order valence-corrected chi connectivity index (χ0v) is 13.5. The lowest BCUT2D eigenvalue weighted by molar-refractivity contribution is 0.308. The molecule has 4 N–H and O–H groups in total.